The fourth-order valence-corrected chi connectivity index (χ4v) is 5.25. The molecule has 0 aliphatic carbocycles. The van der Waals surface area contributed by atoms with E-state index in [1.54, 1.807) is 13.8 Å². The third-order valence-corrected chi connectivity index (χ3v) is 5.91. The van der Waals surface area contributed by atoms with Gasteiger partial charge in [-0.25, -0.2) is 13.1 Å². The van der Waals surface area contributed by atoms with Crippen molar-refractivity contribution in [2.75, 3.05) is 0 Å². The van der Waals surface area contributed by atoms with Crippen LogP contribution in [0.25, 0.3) is 10.1 Å². The SMILES string of the molecule is CC(C)NS(=O)(=O)c1c(CCl)sc2ccccc12. The zero-order chi connectivity index (χ0) is 13.3. The van der Waals surface area contributed by atoms with Crippen LogP contribution in [0.5, 0.6) is 0 Å². The van der Waals surface area contributed by atoms with Crippen molar-refractivity contribution in [2.24, 2.45) is 0 Å². The number of nitrogens with one attached hydrogen (secondary N) is 1. The minimum atomic E-state index is -3.51. The van der Waals surface area contributed by atoms with Crippen molar-refractivity contribution >= 4 is 43.0 Å². The van der Waals surface area contributed by atoms with Crippen molar-refractivity contribution in [3.8, 4) is 0 Å². The van der Waals surface area contributed by atoms with Crippen LogP contribution in [0.4, 0.5) is 0 Å². The van der Waals surface area contributed by atoms with Gasteiger partial charge in [0.1, 0.15) is 4.90 Å². The summed E-state index contributed by atoms with van der Waals surface area (Å²) < 4.78 is 28.2. The number of hydrogen-bond acceptors (Lipinski definition) is 3. The number of sulfonamides is 1. The molecule has 1 N–H and O–H groups in total. The molecule has 1 aromatic carbocycles. The van der Waals surface area contributed by atoms with E-state index in [1.807, 2.05) is 24.3 Å². The minimum absolute atomic E-state index is 0.142. The fourth-order valence-electron chi connectivity index (χ4n) is 1.82. The van der Waals surface area contributed by atoms with Gasteiger partial charge in [0.15, 0.2) is 0 Å². The maximum Gasteiger partial charge on any atom is 0.242 e. The molecule has 98 valence electrons. The molecule has 0 radical (unpaired) electrons. The average Bonchev–Trinajstić information content (AvgIpc) is 2.66. The Morgan fingerprint density at radius 1 is 1.33 bits per heavy atom. The maximum absolute atomic E-state index is 12.3. The van der Waals surface area contributed by atoms with Crippen LogP contribution in [0.1, 0.15) is 18.7 Å². The van der Waals surface area contributed by atoms with Crippen molar-refractivity contribution in [3.63, 3.8) is 0 Å². The molecular formula is C12H14ClNO2S2. The highest BCUT2D eigenvalue weighted by Crippen LogP contribution is 2.35. The first-order chi connectivity index (χ1) is 8.45. The summed E-state index contributed by atoms with van der Waals surface area (Å²) in [6.45, 7) is 3.60. The van der Waals surface area contributed by atoms with Crippen LogP contribution in [0, 0.1) is 0 Å². The molecule has 0 bridgehead atoms. The van der Waals surface area contributed by atoms with Gasteiger partial charge in [-0.1, -0.05) is 18.2 Å². The lowest BCUT2D eigenvalue weighted by atomic mass is 10.2. The molecule has 0 unspecified atom stereocenters. The quantitative estimate of drug-likeness (QED) is 0.881. The summed E-state index contributed by atoms with van der Waals surface area (Å²) in [7, 11) is -3.51. The van der Waals surface area contributed by atoms with Gasteiger partial charge in [0.2, 0.25) is 10.0 Å². The largest absolute Gasteiger partial charge is 0.242 e. The number of fused-ring (bicyclic) bond motifs is 1. The van der Waals surface area contributed by atoms with Gasteiger partial charge < -0.3 is 0 Å². The van der Waals surface area contributed by atoms with Crippen LogP contribution in [-0.2, 0) is 15.9 Å². The van der Waals surface area contributed by atoms with Crippen molar-refractivity contribution in [3.05, 3.63) is 29.1 Å². The summed E-state index contributed by atoms with van der Waals surface area (Å²) in [6, 6.07) is 7.31. The van der Waals surface area contributed by atoms with E-state index in [0.29, 0.717) is 9.77 Å². The van der Waals surface area contributed by atoms with E-state index >= 15 is 0 Å². The highest BCUT2D eigenvalue weighted by molar-refractivity contribution is 7.90. The molecule has 1 aromatic heterocycles. The van der Waals surface area contributed by atoms with Gasteiger partial charge in [0.05, 0.1) is 5.88 Å². The monoisotopic (exact) mass is 303 g/mol. The van der Waals surface area contributed by atoms with Gasteiger partial charge in [-0.05, 0) is 19.9 Å². The van der Waals surface area contributed by atoms with E-state index in [2.05, 4.69) is 4.72 Å². The molecule has 0 atom stereocenters. The average molecular weight is 304 g/mol. The maximum atomic E-state index is 12.3. The molecule has 0 amide bonds. The summed E-state index contributed by atoms with van der Waals surface area (Å²) in [6.07, 6.45) is 0. The van der Waals surface area contributed by atoms with Crippen LogP contribution in [0.2, 0.25) is 0 Å². The molecular weight excluding hydrogens is 290 g/mol. The second-order valence-electron chi connectivity index (χ2n) is 4.26. The Balaban J connectivity index is 2.69. The molecule has 1 heterocycles. The molecule has 0 fully saturated rings. The lowest BCUT2D eigenvalue weighted by molar-refractivity contribution is 0.570. The Kier molecular flexibility index (Phi) is 3.96. The van der Waals surface area contributed by atoms with E-state index in [-0.39, 0.29) is 11.9 Å². The first-order valence-electron chi connectivity index (χ1n) is 5.54. The number of rotatable bonds is 4. The van der Waals surface area contributed by atoms with Crippen molar-refractivity contribution in [2.45, 2.75) is 30.7 Å². The second-order valence-corrected chi connectivity index (χ2v) is 7.31. The Labute approximate surface area is 116 Å². The number of hydrogen-bond donors (Lipinski definition) is 1. The van der Waals surface area contributed by atoms with E-state index in [9.17, 15) is 8.42 Å². The number of alkyl halides is 1. The summed E-state index contributed by atoms with van der Waals surface area (Å²) in [5, 5.41) is 0.742. The standard InChI is InChI=1S/C12H14ClNO2S2/c1-8(2)14-18(15,16)12-9-5-3-4-6-10(9)17-11(12)7-13/h3-6,8,14H,7H2,1-2H3. The molecule has 6 heteroatoms. The van der Waals surface area contributed by atoms with Crippen molar-refractivity contribution in [1.29, 1.82) is 0 Å². The van der Waals surface area contributed by atoms with Gasteiger partial charge in [-0.15, -0.1) is 22.9 Å². The van der Waals surface area contributed by atoms with E-state index in [4.69, 9.17) is 11.6 Å². The number of halogens is 1. The fraction of sp³-hybridized carbons (Fsp3) is 0.333. The zero-order valence-electron chi connectivity index (χ0n) is 10.1. The third kappa shape index (κ3) is 2.54. The predicted molar refractivity (Wildman–Crippen MR) is 76.8 cm³/mol. The van der Waals surface area contributed by atoms with Gasteiger partial charge in [0, 0.05) is 21.0 Å². The predicted octanol–water partition coefficient (Wildman–Crippen LogP) is 3.33. The normalized spacial score (nSPS) is 12.4. The van der Waals surface area contributed by atoms with Crippen LogP contribution in [0.15, 0.2) is 29.2 Å². The van der Waals surface area contributed by atoms with Gasteiger partial charge in [0.25, 0.3) is 0 Å². The summed E-state index contributed by atoms with van der Waals surface area (Å²) >= 11 is 7.29. The highest BCUT2D eigenvalue weighted by Gasteiger charge is 2.24. The molecule has 0 aliphatic rings. The van der Waals surface area contributed by atoms with Gasteiger partial charge >= 0.3 is 0 Å². The summed E-state index contributed by atoms with van der Waals surface area (Å²) in [4.78, 5) is 1.01. The van der Waals surface area contributed by atoms with Gasteiger partial charge in [-0.2, -0.15) is 0 Å². The lowest BCUT2D eigenvalue weighted by Gasteiger charge is -2.10. The Morgan fingerprint density at radius 3 is 2.61 bits per heavy atom. The summed E-state index contributed by atoms with van der Waals surface area (Å²) in [5.41, 5.74) is 0. The van der Waals surface area contributed by atoms with Crippen LogP contribution in [0.3, 0.4) is 0 Å². The first kappa shape index (κ1) is 13.8. The molecule has 0 aliphatic heterocycles. The molecule has 3 nitrogen and oxygen atoms in total. The summed E-state index contributed by atoms with van der Waals surface area (Å²) in [5.74, 6) is 0.202. The molecule has 2 aromatic rings. The van der Waals surface area contributed by atoms with Crippen LogP contribution < -0.4 is 4.72 Å². The minimum Gasteiger partial charge on any atom is -0.209 e. The highest BCUT2D eigenvalue weighted by atomic mass is 35.5. The van der Waals surface area contributed by atoms with E-state index < -0.39 is 10.0 Å². The van der Waals surface area contributed by atoms with Crippen LogP contribution in [-0.4, -0.2) is 14.5 Å². The number of benzene rings is 1. The molecule has 0 saturated carbocycles. The Morgan fingerprint density at radius 2 is 2.00 bits per heavy atom. The van der Waals surface area contributed by atoms with Crippen molar-refractivity contribution in [1.82, 2.24) is 4.72 Å². The lowest BCUT2D eigenvalue weighted by Crippen LogP contribution is -2.30. The topological polar surface area (TPSA) is 46.2 Å². The first-order valence-corrected chi connectivity index (χ1v) is 8.38. The third-order valence-electron chi connectivity index (χ3n) is 2.40. The smallest absolute Gasteiger partial charge is 0.209 e. The molecule has 18 heavy (non-hydrogen) atoms. The second kappa shape index (κ2) is 5.17. The Hall–Kier alpha value is -0.620. The molecule has 2 rings (SSSR count). The van der Waals surface area contributed by atoms with E-state index in [1.165, 1.54) is 11.3 Å². The number of thiophene rings is 1. The molecule has 0 spiro atoms. The van der Waals surface area contributed by atoms with Crippen molar-refractivity contribution < 1.29 is 8.42 Å². The zero-order valence-corrected chi connectivity index (χ0v) is 12.5. The van der Waals surface area contributed by atoms with E-state index in [0.717, 1.165) is 10.1 Å². The molecule has 0 saturated heterocycles. The Bertz CT molecular complexity index is 662. The van der Waals surface area contributed by atoms with Crippen LogP contribution >= 0.6 is 22.9 Å². The van der Waals surface area contributed by atoms with Gasteiger partial charge in [-0.3, -0.25) is 0 Å².